The summed E-state index contributed by atoms with van der Waals surface area (Å²) in [7, 11) is 0. The molecule has 0 aliphatic heterocycles. The van der Waals surface area contributed by atoms with E-state index in [1.165, 1.54) is 0 Å². The lowest BCUT2D eigenvalue weighted by Gasteiger charge is -1.40. The lowest BCUT2D eigenvalue weighted by molar-refractivity contribution is 1.62. The van der Waals surface area contributed by atoms with Crippen LogP contribution in [0.15, 0.2) is 4.79 Å². The number of rotatable bonds is 0. The fourth-order valence-corrected chi connectivity index (χ4v) is 0.950. The molecule has 0 amide bonds. The summed E-state index contributed by atoms with van der Waals surface area (Å²) in [4.78, 5) is 10.0. The molecule has 0 spiro atoms. The molecule has 0 aromatic carbocycles. The molecule has 1 aromatic rings. The number of hydrogen-bond donors (Lipinski definition) is 0. The average Bonchev–Trinajstić information content (AvgIpc) is 1.86. The van der Waals surface area contributed by atoms with Gasteiger partial charge in [-0.1, -0.05) is 11.3 Å². The monoisotopic (exact) mass is 118 g/mol. The Balaban J connectivity index is 3.41. The minimum atomic E-state index is 0.00926. The van der Waals surface area contributed by atoms with Crippen LogP contribution in [-0.2, 0) is 0 Å². The molecule has 0 aliphatic rings. The maximum Gasteiger partial charge on any atom is 0.307 e. The van der Waals surface area contributed by atoms with Gasteiger partial charge in [0, 0.05) is 11.5 Å². The summed E-state index contributed by atoms with van der Waals surface area (Å²) >= 11 is 1.94. The second kappa shape index (κ2) is 1.49. The third-order valence-electron chi connectivity index (χ3n) is 0.286. The zero-order chi connectivity index (χ0) is 4.41. The number of nitrogens with zero attached hydrogens (tertiary/aromatic N) is 1. The van der Waals surface area contributed by atoms with Crippen molar-refractivity contribution in [2.45, 2.75) is 0 Å². The predicted octanol–water partition coefficient (Wildman–Crippen LogP) is 0.365. The maximum absolute atomic E-state index is 10.0. The molecule has 0 unspecified atom stereocenters. The molecule has 2 nitrogen and oxygen atoms in total. The second-order valence-electron chi connectivity index (χ2n) is 0.626. The Hall–Kier alpha value is -0.220. The van der Waals surface area contributed by atoms with E-state index in [0.717, 1.165) is 22.9 Å². The summed E-state index contributed by atoms with van der Waals surface area (Å²) in [6, 6.07) is 0. The Bertz CT molecular complexity index is 149. The van der Waals surface area contributed by atoms with Crippen LogP contribution in [0.1, 0.15) is 0 Å². The van der Waals surface area contributed by atoms with Crippen LogP contribution in [0.2, 0.25) is 0 Å². The summed E-state index contributed by atoms with van der Waals surface area (Å²) in [5.41, 5.74) is 2.43. The minimum absolute atomic E-state index is 0.00926. The predicted molar refractivity (Wildman–Crippen MR) is 25.1 cm³/mol. The van der Waals surface area contributed by atoms with Gasteiger partial charge in [0.1, 0.15) is 0 Å². The molecular formula is C2NOS2. The van der Waals surface area contributed by atoms with Crippen molar-refractivity contribution in [3.63, 3.8) is 0 Å². The van der Waals surface area contributed by atoms with Gasteiger partial charge in [0.25, 0.3) is 0 Å². The van der Waals surface area contributed by atoms with Gasteiger partial charge in [-0.25, -0.2) is 0 Å². The van der Waals surface area contributed by atoms with E-state index >= 15 is 0 Å². The van der Waals surface area contributed by atoms with Gasteiger partial charge in [-0.15, -0.1) is 0 Å². The van der Waals surface area contributed by atoms with Crippen LogP contribution in [0.25, 0.3) is 0 Å². The lowest BCUT2D eigenvalue weighted by Crippen LogP contribution is -1.73. The van der Waals surface area contributed by atoms with Crippen LogP contribution >= 0.6 is 22.9 Å². The van der Waals surface area contributed by atoms with Gasteiger partial charge in [0.2, 0.25) is 0 Å². The molecule has 0 saturated heterocycles. The highest BCUT2D eigenvalue weighted by atomic mass is 32.2. The largest absolute Gasteiger partial charge is 0.307 e. The SMILES string of the molecule is O=c1s[c]ns1. The van der Waals surface area contributed by atoms with Crippen LogP contribution in [0.5, 0.6) is 0 Å². The van der Waals surface area contributed by atoms with Gasteiger partial charge >= 0.3 is 4.06 Å². The standard InChI is InChI=1S/C2NOS2/c4-2-5-1-3-6-2. The highest BCUT2D eigenvalue weighted by Crippen LogP contribution is 1.81. The summed E-state index contributed by atoms with van der Waals surface area (Å²) in [5.74, 6) is 0. The van der Waals surface area contributed by atoms with Crippen LogP contribution in [0.4, 0.5) is 0 Å². The Labute approximate surface area is 42.2 Å². The van der Waals surface area contributed by atoms with E-state index in [1.54, 1.807) is 0 Å². The summed E-state index contributed by atoms with van der Waals surface area (Å²) in [5, 5.41) is 0. The molecule has 1 radical (unpaired) electrons. The third-order valence-corrected chi connectivity index (χ3v) is 1.56. The molecule has 1 rings (SSSR count). The highest BCUT2D eigenvalue weighted by Gasteiger charge is 1.78. The molecule has 0 bridgehead atoms. The first-order valence-electron chi connectivity index (χ1n) is 1.22. The molecule has 0 atom stereocenters. The van der Waals surface area contributed by atoms with Gasteiger partial charge in [-0.2, -0.15) is 4.37 Å². The van der Waals surface area contributed by atoms with Crippen LogP contribution in [-0.4, -0.2) is 4.37 Å². The summed E-state index contributed by atoms with van der Waals surface area (Å²) < 4.78 is 3.45. The lowest BCUT2D eigenvalue weighted by atomic mass is 11.7. The average molecular weight is 118 g/mol. The van der Waals surface area contributed by atoms with E-state index in [2.05, 4.69) is 9.88 Å². The van der Waals surface area contributed by atoms with Gasteiger partial charge in [-0.05, 0) is 0 Å². The molecule has 31 valence electrons. The molecule has 4 heteroatoms. The van der Waals surface area contributed by atoms with Crippen molar-refractivity contribution in [1.29, 1.82) is 0 Å². The normalized spacial score (nSPS) is 8.67. The molecule has 0 saturated carbocycles. The Morgan fingerprint density at radius 3 is 2.83 bits per heavy atom. The van der Waals surface area contributed by atoms with Crippen molar-refractivity contribution in [2.24, 2.45) is 0 Å². The molecule has 6 heavy (non-hydrogen) atoms. The zero-order valence-electron chi connectivity index (χ0n) is 2.67. The highest BCUT2D eigenvalue weighted by molar-refractivity contribution is 7.21. The van der Waals surface area contributed by atoms with Gasteiger partial charge in [0.15, 0.2) is 5.51 Å². The van der Waals surface area contributed by atoms with Crippen molar-refractivity contribution >= 4 is 22.9 Å². The van der Waals surface area contributed by atoms with Crippen LogP contribution < -0.4 is 4.06 Å². The minimum Gasteiger partial charge on any atom is -0.264 e. The fraction of sp³-hybridized carbons (Fsp3) is 0. The fourth-order valence-electron chi connectivity index (χ4n) is 0.130. The second-order valence-corrected chi connectivity index (χ2v) is 2.38. The topological polar surface area (TPSA) is 30.0 Å². The van der Waals surface area contributed by atoms with E-state index in [9.17, 15) is 4.79 Å². The molecule has 1 heterocycles. The first-order valence-corrected chi connectivity index (χ1v) is 2.81. The first-order chi connectivity index (χ1) is 2.89. The van der Waals surface area contributed by atoms with Crippen LogP contribution in [0.3, 0.4) is 0 Å². The van der Waals surface area contributed by atoms with E-state index in [-0.39, 0.29) is 4.06 Å². The maximum atomic E-state index is 10.0. The Morgan fingerprint density at radius 1 is 1.83 bits per heavy atom. The molecule has 0 fully saturated rings. The van der Waals surface area contributed by atoms with Crippen LogP contribution in [0, 0.1) is 5.51 Å². The van der Waals surface area contributed by atoms with Crippen molar-refractivity contribution in [1.82, 2.24) is 4.37 Å². The zero-order valence-corrected chi connectivity index (χ0v) is 4.30. The van der Waals surface area contributed by atoms with E-state index in [0.29, 0.717) is 0 Å². The smallest absolute Gasteiger partial charge is 0.264 e. The Kier molecular flexibility index (Phi) is 0.979. The summed E-state index contributed by atoms with van der Waals surface area (Å²) in [6.07, 6.45) is 0. The molecule has 1 aromatic heterocycles. The summed E-state index contributed by atoms with van der Waals surface area (Å²) in [6.45, 7) is 0. The van der Waals surface area contributed by atoms with Crippen molar-refractivity contribution in [3.05, 3.63) is 14.4 Å². The third kappa shape index (κ3) is 0.636. The number of hydrogen-bond acceptors (Lipinski definition) is 4. The van der Waals surface area contributed by atoms with Crippen molar-refractivity contribution in [2.75, 3.05) is 0 Å². The first kappa shape index (κ1) is 3.95. The Morgan fingerprint density at radius 2 is 2.67 bits per heavy atom. The van der Waals surface area contributed by atoms with Gasteiger partial charge in [-0.3, -0.25) is 4.79 Å². The van der Waals surface area contributed by atoms with Gasteiger partial charge < -0.3 is 0 Å². The van der Waals surface area contributed by atoms with Crippen molar-refractivity contribution in [3.8, 4) is 0 Å². The molecular weight excluding hydrogens is 118 g/mol. The van der Waals surface area contributed by atoms with Crippen molar-refractivity contribution < 1.29 is 0 Å². The molecule has 0 N–H and O–H groups in total. The molecule has 0 aliphatic carbocycles. The number of aromatic nitrogens is 1. The van der Waals surface area contributed by atoms with E-state index in [4.69, 9.17) is 0 Å². The van der Waals surface area contributed by atoms with Gasteiger partial charge in [0.05, 0.1) is 0 Å². The van der Waals surface area contributed by atoms with E-state index in [1.807, 2.05) is 0 Å². The van der Waals surface area contributed by atoms with E-state index < -0.39 is 0 Å². The quantitative estimate of drug-likeness (QED) is 0.492.